The lowest BCUT2D eigenvalue weighted by Gasteiger charge is -2.24. The molecule has 5 nitrogen and oxygen atoms in total. The second-order valence-corrected chi connectivity index (χ2v) is 5.03. The van der Waals surface area contributed by atoms with Crippen molar-refractivity contribution in [3.8, 4) is 0 Å². The highest BCUT2D eigenvalue weighted by atomic mass is 19.1. The Bertz CT molecular complexity index is 343. The van der Waals surface area contributed by atoms with Crippen molar-refractivity contribution in [3.05, 3.63) is 0 Å². The molecule has 102 valence electrons. The van der Waals surface area contributed by atoms with Crippen LogP contribution in [0.2, 0.25) is 0 Å². The minimum absolute atomic E-state index is 0.0920. The van der Waals surface area contributed by atoms with Gasteiger partial charge in [0.15, 0.2) is 0 Å². The lowest BCUT2D eigenvalue weighted by molar-refractivity contribution is -0.150. The number of nitrogens with zero attached hydrogens (tertiary/aromatic N) is 1. The van der Waals surface area contributed by atoms with Crippen molar-refractivity contribution in [2.75, 3.05) is 19.7 Å². The molecule has 0 aromatic rings. The standard InChI is InChI=1S/C12H18FNO4/c13-12(11(16)17)4-5-14(8-12)10(15)7-9-3-1-2-6-18-9/h9H,1-8H2,(H,16,17)/t9-,12+/m0/s1. The van der Waals surface area contributed by atoms with Gasteiger partial charge < -0.3 is 14.7 Å². The van der Waals surface area contributed by atoms with Crippen molar-refractivity contribution in [3.63, 3.8) is 0 Å². The van der Waals surface area contributed by atoms with Gasteiger partial charge in [0.1, 0.15) is 0 Å². The van der Waals surface area contributed by atoms with Crippen molar-refractivity contribution < 1.29 is 23.8 Å². The Morgan fingerprint density at radius 1 is 1.44 bits per heavy atom. The van der Waals surface area contributed by atoms with Crippen LogP contribution < -0.4 is 0 Å². The summed E-state index contributed by atoms with van der Waals surface area (Å²) < 4.78 is 19.2. The number of carbonyl (C=O) groups excluding carboxylic acids is 1. The van der Waals surface area contributed by atoms with E-state index in [4.69, 9.17) is 9.84 Å². The summed E-state index contributed by atoms with van der Waals surface area (Å²) in [6.07, 6.45) is 2.92. The fourth-order valence-electron chi connectivity index (χ4n) is 2.45. The van der Waals surface area contributed by atoms with Crippen LogP contribution in [0.3, 0.4) is 0 Å². The maximum Gasteiger partial charge on any atom is 0.343 e. The Labute approximate surface area is 105 Å². The Morgan fingerprint density at radius 3 is 2.78 bits per heavy atom. The number of halogens is 1. The number of amides is 1. The highest BCUT2D eigenvalue weighted by Crippen LogP contribution is 2.27. The number of aliphatic carboxylic acids is 1. The lowest BCUT2D eigenvalue weighted by Crippen LogP contribution is -2.40. The van der Waals surface area contributed by atoms with Gasteiger partial charge in [-0.1, -0.05) is 0 Å². The van der Waals surface area contributed by atoms with Gasteiger partial charge in [-0.3, -0.25) is 4.79 Å². The number of likely N-dealkylation sites (tertiary alicyclic amines) is 1. The molecule has 2 rings (SSSR count). The third-order valence-electron chi connectivity index (χ3n) is 3.63. The van der Waals surface area contributed by atoms with Gasteiger partial charge in [0, 0.05) is 19.6 Å². The largest absolute Gasteiger partial charge is 0.479 e. The summed E-state index contributed by atoms with van der Waals surface area (Å²) in [6, 6.07) is 0. The number of hydrogen-bond acceptors (Lipinski definition) is 3. The van der Waals surface area contributed by atoms with E-state index in [-0.39, 0.29) is 37.9 Å². The van der Waals surface area contributed by atoms with Crippen molar-refractivity contribution in [2.24, 2.45) is 0 Å². The summed E-state index contributed by atoms with van der Waals surface area (Å²) in [5, 5.41) is 8.76. The number of hydrogen-bond donors (Lipinski definition) is 1. The summed E-state index contributed by atoms with van der Waals surface area (Å²) in [5.74, 6) is -1.69. The smallest absolute Gasteiger partial charge is 0.343 e. The van der Waals surface area contributed by atoms with Gasteiger partial charge >= 0.3 is 5.97 Å². The predicted octanol–water partition coefficient (Wildman–Crippen LogP) is 0.971. The maximum atomic E-state index is 13.8. The molecule has 0 spiro atoms. The first kappa shape index (κ1) is 13.3. The monoisotopic (exact) mass is 259 g/mol. The fraction of sp³-hybridized carbons (Fsp3) is 0.833. The Balaban J connectivity index is 1.85. The van der Waals surface area contributed by atoms with E-state index < -0.39 is 11.6 Å². The number of carboxylic acids is 1. The highest BCUT2D eigenvalue weighted by Gasteiger charge is 2.46. The summed E-state index contributed by atoms with van der Waals surface area (Å²) >= 11 is 0. The molecule has 18 heavy (non-hydrogen) atoms. The summed E-state index contributed by atoms with van der Waals surface area (Å²) in [4.78, 5) is 24.0. The van der Waals surface area contributed by atoms with E-state index in [1.165, 1.54) is 4.90 Å². The minimum Gasteiger partial charge on any atom is -0.479 e. The van der Waals surface area contributed by atoms with Crippen molar-refractivity contribution in [2.45, 2.75) is 43.9 Å². The van der Waals surface area contributed by atoms with E-state index in [9.17, 15) is 14.0 Å². The van der Waals surface area contributed by atoms with Crippen LogP contribution in [-0.4, -0.2) is 53.4 Å². The number of ether oxygens (including phenoxy) is 1. The van der Waals surface area contributed by atoms with E-state index in [2.05, 4.69) is 0 Å². The van der Waals surface area contributed by atoms with Gasteiger partial charge in [0.05, 0.1) is 19.1 Å². The highest BCUT2D eigenvalue weighted by molar-refractivity contribution is 5.82. The lowest BCUT2D eigenvalue weighted by atomic mass is 10.1. The molecule has 0 bridgehead atoms. The van der Waals surface area contributed by atoms with Gasteiger partial charge in [-0.05, 0) is 19.3 Å². The van der Waals surface area contributed by atoms with Crippen molar-refractivity contribution in [1.82, 2.24) is 4.90 Å². The van der Waals surface area contributed by atoms with Crippen LogP contribution in [0, 0.1) is 0 Å². The molecule has 0 unspecified atom stereocenters. The molecule has 0 aromatic heterocycles. The number of carboxylic acid groups (broad SMARTS) is 1. The predicted molar refractivity (Wildman–Crippen MR) is 60.9 cm³/mol. The van der Waals surface area contributed by atoms with E-state index in [0.29, 0.717) is 6.61 Å². The second kappa shape index (κ2) is 5.22. The Morgan fingerprint density at radius 2 is 2.22 bits per heavy atom. The number of rotatable bonds is 3. The second-order valence-electron chi connectivity index (χ2n) is 5.03. The third-order valence-corrected chi connectivity index (χ3v) is 3.63. The van der Waals surface area contributed by atoms with Gasteiger partial charge in [-0.2, -0.15) is 0 Å². The van der Waals surface area contributed by atoms with E-state index >= 15 is 0 Å². The van der Waals surface area contributed by atoms with Gasteiger partial charge in [0.25, 0.3) is 0 Å². The first-order valence-corrected chi connectivity index (χ1v) is 6.33. The van der Waals surface area contributed by atoms with Gasteiger partial charge in [-0.25, -0.2) is 9.18 Å². The quantitative estimate of drug-likeness (QED) is 0.820. The molecule has 1 N–H and O–H groups in total. The molecule has 2 fully saturated rings. The van der Waals surface area contributed by atoms with Crippen LogP contribution >= 0.6 is 0 Å². The van der Waals surface area contributed by atoms with E-state index in [0.717, 1.165) is 19.3 Å². The van der Waals surface area contributed by atoms with Crippen LogP contribution in [0.15, 0.2) is 0 Å². The van der Waals surface area contributed by atoms with Crippen LogP contribution in [0.1, 0.15) is 32.1 Å². The molecule has 2 aliphatic heterocycles. The minimum atomic E-state index is -2.27. The van der Waals surface area contributed by atoms with Crippen molar-refractivity contribution in [1.29, 1.82) is 0 Å². The number of alkyl halides is 1. The molecule has 2 saturated heterocycles. The molecular weight excluding hydrogens is 241 g/mol. The normalized spacial score (nSPS) is 32.5. The Hall–Kier alpha value is -1.17. The third kappa shape index (κ3) is 2.80. The van der Waals surface area contributed by atoms with Crippen LogP contribution in [0.25, 0.3) is 0 Å². The topological polar surface area (TPSA) is 66.8 Å². The van der Waals surface area contributed by atoms with Gasteiger partial charge in [0.2, 0.25) is 11.6 Å². The molecule has 2 aliphatic rings. The number of carbonyl (C=O) groups is 2. The Kier molecular flexibility index (Phi) is 3.85. The first-order chi connectivity index (χ1) is 8.51. The molecule has 0 aromatic carbocycles. The van der Waals surface area contributed by atoms with Crippen molar-refractivity contribution >= 4 is 11.9 Å². The summed E-state index contributed by atoms with van der Waals surface area (Å²) in [6.45, 7) is 0.502. The zero-order valence-corrected chi connectivity index (χ0v) is 10.2. The average Bonchev–Trinajstić information content (AvgIpc) is 2.75. The molecule has 0 radical (unpaired) electrons. The van der Waals surface area contributed by atoms with Crippen LogP contribution in [-0.2, 0) is 14.3 Å². The summed E-state index contributed by atoms with van der Waals surface area (Å²) in [7, 11) is 0. The van der Waals surface area contributed by atoms with Crippen LogP contribution in [0.4, 0.5) is 4.39 Å². The van der Waals surface area contributed by atoms with E-state index in [1.54, 1.807) is 0 Å². The average molecular weight is 259 g/mol. The van der Waals surface area contributed by atoms with E-state index in [1.807, 2.05) is 0 Å². The SMILES string of the molecule is O=C(C[C@@H]1CCCCO1)N1CC[C@](F)(C(=O)O)C1. The molecule has 0 aliphatic carbocycles. The zero-order chi connectivity index (χ0) is 13.2. The molecular formula is C12H18FNO4. The maximum absolute atomic E-state index is 13.8. The molecule has 1 amide bonds. The molecule has 2 heterocycles. The summed E-state index contributed by atoms with van der Waals surface area (Å²) in [5.41, 5.74) is -2.27. The fourth-order valence-corrected chi connectivity index (χ4v) is 2.45. The van der Waals surface area contributed by atoms with Gasteiger partial charge in [-0.15, -0.1) is 0 Å². The molecule has 6 heteroatoms. The zero-order valence-electron chi connectivity index (χ0n) is 10.2. The molecule has 2 atom stereocenters. The van der Waals surface area contributed by atoms with Crippen LogP contribution in [0.5, 0.6) is 0 Å². The molecule has 0 saturated carbocycles. The first-order valence-electron chi connectivity index (χ1n) is 6.33.